The van der Waals surface area contributed by atoms with Crippen LogP contribution in [0, 0.1) is 0 Å². The smallest absolute Gasteiger partial charge is 0.326 e. The Balaban J connectivity index is 2.95. The Morgan fingerprint density at radius 1 is 1.24 bits per heavy atom. The zero-order valence-corrected chi connectivity index (χ0v) is 12.4. The summed E-state index contributed by atoms with van der Waals surface area (Å²) < 4.78 is 1.35. The summed E-state index contributed by atoms with van der Waals surface area (Å²) in [5.41, 5.74) is -0.270. The Kier molecular flexibility index (Phi) is 6.65. The molecule has 0 fully saturated rings. The molecule has 21 heavy (non-hydrogen) atoms. The van der Waals surface area contributed by atoms with Crippen LogP contribution in [0.25, 0.3) is 0 Å². The minimum absolute atomic E-state index is 0.270. The molecule has 0 aromatic carbocycles. The summed E-state index contributed by atoms with van der Waals surface area (Å²) in [5.74, 6) is -1.48. The van der Waals surface area contributed by atoms with E-state index < -0.39 is 24.0 Å². The molecule has 0 aliphatic rings. The fraction of sp³-hybridized carbons (Fsp3) is 0.533. The zero-order chi connectivity index (χ0) is 15.8. The predicted octanol–water partition coefficient (Wildman–Crippen LogP) is 1.56. The minimum Gasteiger partial charge on any atom is -0.480 e. The number of hydrogen-bond acceptors (Lipinski definition) is 3. The minimum atomic E-state index is -1.05. The van der Waals surface area contributed by atoms with Crippen molar-refractivity contribution >= 4 is 11.9 Å². The van der Waals surface area contributed by atoms with Crippen LogP contribution in [0.3, 0.4) is 0 Å². The van der Waals surface area contributed by atoms with Crippen molar-refractivity contribution in [3.63, 3.8) is 0 Å². The van der Waals surface area contributed by atoms with Crippen molar-refractivity contribution in [3.05, 3.63) is 34.7 Å². The van der Waals surface area contributed by atoms with Gasteiger partial charge < -0.3 is 15.0 Å². The van der Waals surface area contributed by atoms with E-state index in [1.165, 1.54) is 10.6 Å². The second-order valence-corrected chi connectivity index (χ2v) is 4.94. The average Bonchev–Trinajstić information content (AvgIpc) is 2.45. The molecule has 0 aliphatic heterocycles. The van der Waals surface area contributed by atoms with E-state index in [1.54, 1.807) is 18.3 Å². The summed E-state index contributed by atoms with van der Waals surface area (Å²) in [6.07, 6.45) is 3.77. The highest BCUT2D eigenvalue weighted by Crippen LogP contribution is 2.13. The van der Waals surface area contributed by atoms with Gasteiger partial charge in [0.25, 0.3) is 5.56 Å². The van der Waals surface area contributed by atoms with Crippen LogP contribution >= 0.6 is 0 Å². The van der Waals surface area contributed by atoms with Crippen molar-refractivity contribution in [1.29, 1.82) is 0 Å². The molecule has 2 N–H and O–H groups in total. The highest BCUT2D eigenvalue weighted by molar-refractivity contribution is 5.85. The third-order valence-electron chi connectivity index (χ3n) is 3.24. The van der Waals surface area contributed by atoms with E-state index in [-0.39, 0.29) is 5.56 Å². The Morgan fingerprint density at radius 3 is 2.43 bits per heavy atom. The quantitative estimate of drug-likeness (QED) is 0.761. The molecule has 1 aromatic heterocycles. The van der Waals surface area contributed by atoms with Gasteiger partial charge in [-0.3, -0.25) is 9.59 Å². The average molecular weight is 294 g/mol. The monoisotopic (exact) mass is 294 g/mol. The first-order valence-electron chi connectivity index (χ1n) is 7.21. The van der Waals surface area contributed by atoms with E-state index in [2.05, 4.69) is 5.32 Å². The third-order valence-corrected chi connectivity index (χ3v) is 3.24. The summed E-state index contributed by atoms with van der Waals surface area (Å²) in [6, 6.07) is 3.08. The Hall–Kier alpha value is -2.11. The van der Waals surface area contributed by atoms with Gasteiger partial charge in [0.1, 0.15) is 12.1 Å². The van der Waals surface area contributed by atoms with Crippen LogP contribution in [0.4, 0.5) is 0 Å². The number of carboxylic acid groups (broad SMARTS) is 1. The second-order valence-electron chi connectivity index (χ2n) is 4.94. The molecule has 2 atom stereocenters. The van der Waals surface area contributed by atoms with Crippen molar-refractivity contribution in [3.8, 4) is 0 Å². The van der Waals surface area contributed by atoms with Crippen LogP contribution in [0.2, 0.25) is 0 Å². The molecule has 0 aliphatic carbocycles. The van der Waals surface area contributed by atoms with Crippen molar-refractivity contribution in [1.82, 2.24) is 9.88 Å². The number of hydrogen-bond donors (Lipinski definition) is 2. The van der Waals surface area contributed by atoms with Gasteiger partial charge in [0.2, 0.25) is 5.91 Å². The third kappa shape index (κ3) is 4.73. The molecule has 0 radical (unpaired) electrons. The molecule has 0 saturated carbocycles. The lowest BCUT2D eigenvalue weighted by atomic mass is 10.1. The number of nitrogens with one attached hydrogen (secondary N) is 1. The van der Waals surface area contributed by atoms with Crippen LogP contribution in [0.15, 0.2) is 29.2 Å². The van der Waals surface area contributed by atoms with E-state index in [0.717, 1.165) is 0 Å². The summed E-state index contributed by atoms with van der Waals surface area (Å²) in [4.78, 5) is 35.3. The highest BCUT2D eigenvalue weighted by Gasteiger charge is 2.25. The molecule has 1 aromatic rings. The van der Waals surface area contributed by atoms with Crippen LogP contribution in [-0.4, -0.2) is 27.6 Å². The molecule has 6 heteroatoms. The number of aliphatic carboxylic acids is 1. The van der Waals surface area contributed by atoms with E-state index in [9.17, 15) is 14.4 Å². The highest BCUT2D eigenvalue weighted by atomic mass is 16.4. The Morgan fingerprint density at radius 2 is 1.90 bits per heavy atom. The number of pyridine rings is 1. The first kappa shape index (κ1) is 16.9. The second kappa shape index (κ2) is 8.24. The SMILES string of the molecule is CCCC(NC(=O)C(CCC)n1ccccc1=O)C(=O)O. The van der Waals surface area contributed by atoms with Crippen molar-refractivity contribution in [2.45, 2.75) is 51.6 Å². The first-order valence-corrected chi connectivity index (χ1v) is 7.21. The number of carboxylic acids is 1. The largest absolute Gasteiger partial charge is 0.480 e. The molecule has 116 valence electrons. The number of carbonyl (C=O) groups is 2. The van der Waals surface area contributed by atoms with Gasteiger partial charge in [0.05, 0.1) is 0 Å². The summed E-state index contributed by atoms with van der Waals surface area (Å²) in [5, 5.41) is 11.6. The van der Waals surface area contributed by atoms with Gasteiger partial charge in [0, 0.05) is 12.3 Å². The number of carbonyl (C=O) groups excluding carboxylic acids is 1. The lowest BCUT2D eigenvalue weighted by Crippen LogP contribution is -2.45. The van der Waals surface area contributed by atoms with Gasteiger partial charge >= 0.3 is 5.97 Å². The maximum atomic E-state index is 12.3. The van der Waals surface area contributed by atoms with Gasteiger partial charge in [-0.15, -0.1) is 0 Å². The summed E-state index contributed by atoms with van der Waals surface area (Å²) in [6.45, 7) is 3.77. The van der Waals surface area contributed by atoms with E-state index >= 15 is 0 Å². The van der Waals surface area contributed by atoms with Gasteiger partial charge in [0.15, 0.2) is 0 Å². The lowest BCUT2D eigenvalue weighted by Gasteiger charge is -2.21. The fourth-order valence-corrected chi connectivity index (χ4v) is 2.18. The summed E-state index contributed by atoms with van der Waals surface area (Å²) >= 11 is 0. The molecule has 0 spiro atoms. The van der Waals surface area contributed by atoms with Gasteiger partial charge in [-0.1, -0.05) is 32.8 Å². The van der Waals surface area contributed by atoms with E-state index in [4.69, 9.17) is 5.11 Å². The number of rotatable bonds is 8. The van der Waals surface area contributed by atoms with Crippen LogP contribution in [-0.2, 0) is 9.59 Å². The molecular weight excluding hydrogens is 272 g/mol. The molecule has 1 rings (SSSR count). The first-order chi connectivity index (χ1) is 10.0. The van der Waals surface area contributed by atoms with Gasteiger partial charge in [-0.2, -0.15) is 0 Å². The predicted molar refractivity (Wildman–Crippen MR) is 79.1 cm³/mol. The van der Waals surface area contributed by atoms with Gasteiger partial charge in [-0.05, 0) is 18.9 Å². The maximum Gasteiger partial charge on any atom is 0.326 e. The normalized spacial score (nSPS) is 13.4. The molecular formula is C15H22N2O4. The fourth-order valence-electron chi connectivity index (χ4n) is 2.18. The standard InChI is InChI=1S/C15H22N2O4/c1-3-7-11(15(20)21)16-14(19)12(8-4-2)17-10-6-5-9-13(17)18/h5-6,9-12H,3-4,7-8H2,1-2H3,(H,16,19)(H,20,21). The molecule has 1 heterocycles. The molecule has 6 nitrogen and oxygen atoms in total. The number of aromatic nitrogens is 1. The van der Waals surface area contributed by atoms with E-state index in [0.29, 0.717) is 25.7 Å². The topological polar surface area (TPSA) is 88.4 Å². The van der Waals surface area contributed by atoms with Gasteiger partial charge in [-0.25, -0.2) is 4.79 Å². The van der Waals surface area contributed by atoms with Crippen molar-refractivity contribution in [2.75, 3.05) is 0 Å². The van der Waals surface area contributed by atoms with Crippen LogP contribution in [0.1, 0.15) is 45.6 Å². The van der Waals surface area contributed by atoms with Crippen molar-refractivity contribution in [2.24, 2.45) is 0 Å². The molecule has 0 bridgehead atoms. The summed E-state index contributed by atoms with van der Waals surface area (Å²) in [7, 11) is 0. The lowest BCUT2D eigenvalue weighted by molar-refractivity contribution is -0.142. The van der Waals surface area contributed by atoms with Crippen LogP contribution < -0.4 is 10.9 Å². The Bertz CT molecular complexity index is 538. The molecule has 0 saturated heterocycles. The Labute approximate surface area is 123 Å². The maximum absolute atomic E-state index is 12.3. The number of amides is 1. The number of nitrogens with zero attached hydrogens (tertiary/aromatic N) is 1. The zero-order valence-electron chi connectivity index (χ0n) is 12.4. The van der Waals surface area contributed by atoms with E-state index in [1.807, 2.05) is 13.8 Å². The molecule has 1 amide bonds. The van der Waals surface area contributed by atoms with Crippen molar-refractivity contribution < 1.29 is 14.7 Å². The molecule has 2 unspecified atom stereocenters. The van der Waals surface area contributed by atoms with Crippen LogP contribution in [0.5, 0.6) is 0 Å².